The summed E-state index contributed by atoms with van der Waals surface area (Å²) in [6, 6.07) is 5.59. The maximum atomic E-state index is 11.8. The van der Waals surface area contributed by atoms with Gasteiger partial charge in [-0.1, -0.05) is 0 Å². The van der Waals surface area contributed by atoms with E-state index < -0.39 is 0 Å². The summed E-state index contributed by atoms with van der Waals surface area (Å²) in [7, 11) is 3.01. The third-order valence-corrected chi connectivity index (χ3v) is 4.96. The summed E-state index contributed by atoms with van der Waals surface area (Å²) in [5.41, 5.74) is 7.70. The minimum atomic E-state index is -0.260. The summed E-state index contributed by atoms with van der Waals surface area (Å²) in [6.45, 7) is 3.11. The van der Waals surface area contributed by atoms with E-state index in [0.717, 1.165) is 38.2 Å². The average Bonchev–Trinajstić information content (AvgIpc) is 2.58. The Labute approximate surface area is 141 Å². The van der Waals surface area contributed by atoms with E-state index in [0.29, 0.717) is 23.5 Å². The van der Waals surface area contributed by atoms with Gasteiger partial charge in [0.25, 0.3) is 0 Å². The largest absolute Gasteiger partial charge is 0.495 e. The average molecular weight is 330 g/mol. The third-order valence-electron chi connectivity index (χ3n) is 4.96. The Bertz CT molecular complexity index is 692. The van der Waals surface area contributed by atoms with Gasteiger partial charge in [0, 0.05) is 37.7 Å². The van der Waals surface area contributed by atoms with Crippen molar-refractivity contribution in [3.05, 3.63) is 17.7 Å². The number of carbonyl (C=O) groups excluding carboxylic acids is 1. The molecule has 2 aliphatic rings. The molecule has 24 heavy (non-hydrogen) atoms. The molecule has 2 N–H and O–H groups in total. The molecule has 1 aromatic carbocycles. The molecule has 2 heterocycles. The van der Waals surface area contributed by atoms with Gasteiger partial charge in [0.2, 0.25) is 0 Å². The minimum Gasteiger partial charge on any atom is -0.495 e. The van der Waals surface area contributed by atoms with Crippen LogP contribution in [0, 0.1) is 16.7 Å². The molecule has 2 saturated heterocycles. The van der Waals surface area contributed by atoms with Crippen molar-refractivity contribution in [2.24, 2.45) is 5.41 Å². The molecule has 2 aliphatic heterocycles. The van der Waals surface area contributed by atoms with Crippen LogP contribution in [0.2, 0.25) is 0 Å². The molecule has 0 unspecified atom stereocenters. The van der Waals surface area contributed by atoms with Crippen molar-refractivity contribution in [2.75, 3.05) is 51.0 Å². The fourth-order valence-corrected chi connectivity index (χ4v) is 3.78. The number of benzene rings is 1. The fourth-order valence-electron chi connectivity index (χ4n) is 3.78. The van der Waals surface area contributed by atoms with Gasteiger partial charge in [0.1, 0.15) is 11.8 Å². The van der Waals surface area contributed by atoms with Gasteiger partial charge in [0.15, 0.2) is 0 Å². The first-order valence-electron chi connectivity index (χ1n) is 7.97. The molecule has 0 bridgehead atoms. The van der Waals surface area contributed by atoms with Crippen LogP contribution in [0.5, 0.6) is 5.75 Å². The van der Waals surface area contributed by atoms with E-state index in [9.17, 15) is 10.1 Å². The van der Waals surface area contributed by atoms with Gasteiger partial charge in [-0.2, -0.15) is 5.26 Å². The standard InChI is InChI=1S/C17H22N4O3/c1-23-15-7-13(19)12(8-18)6-14(15)21-10-17(11-21)4-3-5-20(9-17)16(22)24-2/h6-7H,3-5,9-11,19H2,1-2H3. The lowest BCUT2D eigenvalue weighted by atomic mass is 9.73. The third kappa shape index (κ3) is 2.68. The van der Waals surface area contributed by atoms with Crippen LogP contribution in [0.25, 0.3) is 0 Å². The predicted octanol–water partition coefficient (Wildman–Crippen LogP) is 1.82. The normalized spacial score (nSPS) is 18.7. The number of nitrogens with zero attached hydrogens (tertiary/aromatic N) is 3. The van der Waals surface area contributed by atoms with Gasteiger partial charge in [0.05, 0.1) is 31.2 Å². The highest BCUT2D eigenvalue weighted by Crippen LogP contribution is 2.45. The number of piperidine rings is 1. The molecular weight excluding hydrogens is 308 g/mol. The first-order chi connectivity index (χ1) is 11.5. The number of nitrogen functional groups attached to an aromatic ring is 1. The molecule has 0 aliphatic carbocycles. The van der Waals surface area contributed by atoms with E-state index in [1.54, 1.807) is 24.1 Å². The van der Waals surface area contributed by atoms with Gasteiger partial charge in [-0.25, -0.2) is 4.79 Å². The SMILES string of the molecule is COC(=O)N1CCCC2(C1)CN(c1cc(C#N)c(N)cc1OC)C2. The molecule has 7 nitrogen and oxygen atoms in total. The predicted molar refractivity (Wildman–Crippen MR) is 90.0 cm³/mol. The maximum Gasteiger partial charge on any atom is 0.409 e. The highest BCUT2D eigenvalue weighted by molar-refractivity contribution is 5.72. The number of carbonyl (C=O) groups is 1. The van der Waals surface area contributed by atoms with Crippen LogP contribution in [0.1, 0.15) is 18.4 Å². The van der Waals surface area contributed by atoms with Crippen LogP contribution < -0.4 is 15.4 Å². The van der Waals surface area contributed by atoms with Crippen molar-refractivity contribution < 1.29 is 14.3 Å². The van der Waals surface area contributed by atoms with Gasteiger partial charge in [-0.15, -0.1) is 0 Å². The Hall–Kier alpha value is -2.62. The zero-order valence-electron chi connectivity index (χ0n) is 14.0. The Morgan fingerprint density at radius 3 is 2.71 bits per heavy atom. The number of nitriles is 1. The highest BCUT2D eigenvalue weighted by atomic mass is 16.5. The lowest BCUT2D eigenvalue weighted by Gasteiger charge is -2.55. The number of hydrogen-bond acceptors (Lipinski definition) is 6. The molecule has 1 aromatic rings. The molecular formula is C17H22N4O3. The maximum absolute atomic E-state index is 11.8. The quantitative estimate of drug-likeness (QED) is 0.832. The van der Waals surface area contributed by atoms with Crippen molar-refractivity contribution in [1.82, 2.24) is 4.90 Å². The van der Waals surface area contributed by atoms with Gasteiger partial charge < -0.3 is 25.0 Å². The second-order valence-electron chi connectivity index (χ2n) is 6.57. The molecule has 0 saturated carbocycles. The Morgan fingerprint density at radius 1 is 1.33 bits per heavy atom. The number of likely N-dealkylation sites (tertiary alicyclic amines) is 1. The molecule has 128 valence electrons. The highest BCUT2D eigenvalue weighted by Gasteiger charge is 2.47. The van der Waals surface area contributed by atoms with E-state index in [4.69, 9.17) is 15.2 Å². The second kappa shape index (κ2) is 6.11. The van der Waals surface area contributed by atoms with Crippen LogP contribution >= 0.6 is 0 Å². The van der Waals surface area contributed by atoms with Crippen molar-refractivity contribution in [3.63, 3.8) is 0 Å². The summed E-state index contributed by atoms with van der Waals surface area (Å²) in [6.07, 6.45) is 1.80. The van der Waals surface area contributed by atoms with Crippen LogP contribution in [0.15, 0.2) is 12.1 Å². The van der Waals surface area contributed by atoms with E-state index in [-0.39, 0.29) is 11.5 Å². The minimum absolute atomic E-state index is 0.0889. The molecule has 3 rings (SSSR count). The number of anilines is 2. The van der Waals surface area contributed by atoms with Crippen LogP contribution in [0.4, 0.5) is 16.2 Å². The van der Waals surface area contributed by atoms with Crippen molar-refractivity contribution in [2.45, 2.75) is 12.8 Å². The van der Waals surface area contributed by atoms with Gasteiger partial charge in [-0.3, -0.25) is 0 Å². The second-order valence-corrected chi connectivity index (χ2v) is 6.57. The molecule has 0 atom stereocenters. The molecule has 1 amide bonds. The molecule has 7 heteroatoms. The lowest BCUT2D eigenvalue weighted by molar-refractivity contribution is 0.0502. The molecule has 1 spiro atoms. The number of hydrogen-bond donors (Lipinski definition) is 1. The lowest BCUT2D eigenvalue weighted by Crippen LogP contribution is -2.63. The van der Waals surface area contributed by atoms with Gasteiger partial charge >= 0.3 is 6.09 Å². The van der Waals surface area contributed by atoms with Crippen LogP contribution in [-0.4, -0.2) is 51.4 Å². The summed E-state index contributed by atoms with van der Waals surface area (Å²) < 4.78 is 10.3. The Balaban J connectivity index is 1.77. The van der Waals surface area contributed by atoms with E-state index in [2.05, 4.69) is 11.0 Å². The first-order valence-corrected chi connectivity index (χ1v) is 7.97. The first kappa shape index (κ1) is 16.2. The Kier molecular flexibility index (Phi) is 4.14. The summed E-state index contributed by atoms with van der Waals surface area (Å²) in [4.78, 5) is 15.7. The fraction of sp³-hybridized carbons (Fsp3) is 0.529. The number of ether oxygens (including phenoxy) is 2. The summed E-state index contributed by atoms with van der Waals surface area (Å²) in [5, 5.41) is 9.20. The number of methoxy groups -OCH3 is 2. The zero-order chi connectivity index (χ0) is 17.3. The van der Waals surface area contributed by atoms with Crippen molar-refractivity contribution in [3.8, 4) is 11.8 Å². The number of rotatable bonds is 2. The Morgan fingerprint density at radius 2 is 2.08 bits per heavy atom. The molecule has 2 fully saturated rings. The zero-order valence-corrected chi connectivity index (χ0v) is 14.0. The molecule has 0 radical (unpaired) electrons. The number of nitrogens with two attached hydrogens (primary N) is 1. The number of amides is 1. The monoisotopic (exact) mass is 330 g/mol. The van der Waals surface area contributed by atoms with E-state index >= 15 is 0 Å². The van der Waals surface area contributed by atoms with Gasteiger partial charge in [-0.05, 0) is 18.9 Å². The van der Waals surface area contributed by atoms with E-state index in [1.807, 2.05) is 0 Å². The topological polar surface area (TPSA) is 91.8 Å². The smallest absolute Gasteiger partial charge is 0.409 e. The summed E-state index contributed by atoms with van der Waals surface area (Å²) >= 11 is 0. The molecule has 0 aromatic heterocycles. The van der Waals surface area contributed by atoms with Crippen molar-refractivity contribution >= 4 is 17.5 Å². The van der Waals surface area contributed by atoms with Crippen LogP contribution in [-0.2, 0) is 4.74 Å². The van der Waals surface area contributed by atoms with E-state index in [1.165, 1.54) is 7.11 Å². The van der Waals surface area contributed by atoms with Crippen LogP contribution in [0.3, 0.4) is 0 Å². The van der Waals surface area contributed by atoms with Crippen molar-refractivity contribution in [1.29, 1.82) is 5.26 Å². The summed E-state index contributed by atoms with van der Waals surface area (Å²) in [5.74, 6) is 0.669.